The number of hydrogen-bond donors (Lipinski definition) is 1. The predicted molar refractivity (Wildman–Crippen MR) is 129 cm³/mol. The van der Waals surface area contributed by atoms with Crippen LogP contribution in [0.3, 0.4) is 0 Å². The molecule has 174 valence electrons. The minimum atomic E-state index is -0.435. The first-order chi connectivity index (χ1) is 15.8. The highest BCUT2D eigenvalue weighted by atomic mass is 16.3. The van der Waals surface area contributed by atoms with Crippen molar-refractivity contribution >= 4 is 11.8 Å². The van der Waals surface area contributed by atoms with Crippen LogP contribution in [0.2, 0.25) is 0 Å². The van der Waals surface area contributed by atoms with Crippen LogP contribution in [0.4, 0.5) is 0 Å². The number of carbonyl (C=O) groups is 2. The van der Waals surface area contributed by atoms with Crippen molar-refractivity contribution in [3.63, 3.8) is 0 Å². The standard InChI is InChI=1S/C27H33N3O3/c1-19(2)15-28-26(31)23-18-33-24(29-23)17-30(16-20(3)4)27(32)25(21-11-7-5-8-12-21)22-13-9-6-10-14-22/h5-14,18-20,25H,15-17H2,1-4H3,(H,28,31). The van der Waals surface area contributed by atoms with E-state index in [1.54, 1.807) is 4.90 Å². The smallest absolute Gasteiger partial charge is 0.273 e. The summed E-state index contributed by atoms with van der Waals surface area (Å²) >= 11 is 0. The molecule has 1 aromatic heterocycles. The van der Waals surface area contributed by atoms with Gasteiger partial charge in [0, 0.05) is 13.1 Å². The van der Waals surface area contributed by atoms with Gasteiger partial charge in [-0.3, -0.25) is 9.59 Å². The van der Waals surface area contributed by atoms with Gasteiger partial charge in [-0.25, -0.2) is 4.98 Å². The Morgan fingerprint density at radius 1 is 0.909 bits per heavy atom. The van der Waals surface area contributed by atoms with Gasteiger partial charge in [0.2, 0.25) is 11.8 Å². The summed E-state index contributed by atoms with van der Waals surface area (Å²) in [6, 6.07) is 19.6. The van der Waals surface area contributed by atoms with E-state index in [1.165, 1.54) is 6.26 Å². The molecule has 2 aromatic carbocycles. The zero-order valence-electron chi connectivity index (χ0n) is 19.8. The van der Waals surface area contributed by atoms with Crippen LogP contribution in [0, 0.1) is 11.8 Å². The molecule has 0 unspecified atom stereocenters. The fraction of sp³-hybridized carbons (Fsp3) is 0.370. The summed E-state index contributed by atoms with van der Waals surface area (Å²) in [5.41, 5.74) is 2.09. The Bertz CT molecular complexity index is 990. The van der Waals surface area contributed by atoms with E-state index in [0.29, 0.717) is 24.9 Å². The molecule has 1 heterocycles. The van der Waals surface area contributed by atoms with Crippen molar-refractivity contribution in [3.05, 3.63) is 89.6 Å². The van der Waals surface area contributed by atoms with Crippen LogP contribution in [-0.4, -0.2) is 34.8 Å². The molecule has 3 rings (SSSR count). The van der Waals surface area contributed by atoms with Gasteiger partial charge < -0.3 is 14.6 Å². The number of nitrogens with zero attached hydrogens (tertiary/aromatic N) is 2. The molecule has 0 bridgehead atoms. The van der Waals surface area contributed by atoms with Crippen molar-refractivity contribution in [3.8, 4) is 0 Å². The largest absolute Gasteiger partial charge is 0.446 e. The van der Waals surface area contributed by atoms with E-state index in [-0.39, 0.29) is 30.0 Å². The Hall–Kier alpha value is -3.41. The molecule has 0 aliphatic carbocycles. The maximum absolute atomic E-state index is 13.9. The minimum Gasteiger partial charge on any atom is -0.446 e. The van der Waals surface area contributed by atoms with Gasteiger partial charge in [-0.2, -0.15) is 0 Å². The first kappa shape index (κ1) is 24.2. The second-order valence-corrected chi connectivity index (χ2v) is 9.10. The minimum absolute atomic E-state index is 0.0230. The summed E-state index contributed by atoms with van der Waals surface area (Å²) in [6.45, 7) is 9.51. The van der Waals surface area contributed by atoms with E-state index < -0.39 is 5.92 Å². The van der Waals surface area contributed by atoms with Crippen molar-refractivity contribution in [2.75, 3.05) is 13.1 Å². The lowest BCUT2D eigenvalue weighted by Gasteiger charge is -2.28. The molecule has 6 nitrogen and oxygen atoms in total. The molecule has 0 fully saturated rings. The maximum Gasteiger partial charge on any atom is 0.273 e. The highest BCUT2D eigenvalue weighted by molar-refractivity contribution is 5.92. The SMILES string of the molecule is CC(C)CNC(=O)c1coc(CN(CC(C)C)C(=O)C(c2ccccc2)c2ccccc2)n1. The number of nitrogens with one attached hydrogen (secondary N) is 1. The average molecular weight is 448 g/mol. The molecule has 33 heavy (non-hydrogen) atoms. The predicted octanol–water partition coefficient (Wildman–Crippen LogP) is 4.88. The first-order valence-corrected chi connectivity index (χ1v) is 11.5. The summed E-state index contributed by atoms with van der Waals surface area (Å²) in [5.74, 6) is 0.211. The molecule has 1 N–H and O–H groups in total. The Morgan fingerprint density at radius 2 is 1.48 bits per heavy atom. The van der Waals surface area contributed by atoms with E-state index in [1.807, 2.05) is 74.5 Å². The molecule has 6 heteroatoms. The van der Waals surface area contributed by atoms with E-state index in [0.717, 1.165) is 11.1 Å². The molecule has 0 spiro atoms. The van der Waals surface area contributed by atoms with Gasteiger partial charge >= 0.3 is 0 Å². The maximum atomic E-state index is 13.9. The fourth-order valence-electron chi connectivity index (χ4n) is 3.66. The Morgan fingerprint density at radius 3 is 2.00 bits per heavy atom. The van der Waals surface area contributed by atoms with Crippen molar-refractivity contribution in [2.24, 2.45) is 11.8 Å². The second-order valence-electron chi connectivity index (χ2n) is 9.10. The number of amides is 2. The molecule has 0 saturated carbocycles. The first-order valence-electron chi connectivity index (χ1n) is 11.5. The number of oxazole rings is 1. The van der Waals surface area contributed by atoms with E-state index in [9.17, 15) is 9.59 Å². The zero-order chi connectivity index (χ0) is 23.8. The molecule has 2 amide bonds. The van der Waals surface area contributed by atoms with Crippen LogP contribution in [-0.2, 0) is 11.3 Å². The highest BCUT2D eigenvalue weighted by Crippen LogP contribution is 2.28. The third-order valence-corrected chi connectivity index (χ3v) is 5.19. The molecule has 0 radical (unpaired) electrons. The van der Waals surface area contributed by atoms with Gasteiger partial charge in [-0.05, 0) is 23.0 Å². The monoisotopic (exact) mass is 447 g/mol. The van der Waals surface area contributed by atoms with Crippen LogP contribution in [0.5, 0.6) is 0 Å². The Labute approximate surface area is 196 Å². The van der Waals surface area contributed by atoms with Crippen LogP contribution in [0.1, 0.15) is 61.1 Å². The molecule has 0 atom stereocenters. The second kappa shape index (κ2) is 11.5. The lowest BCUT2D eigenvalue weighted by Crippen LogP contribution is -2.37. The lowest BCUT2D eigenvalue weighted by atomic mass is 9.89. The molecular formula is C27H33N3O3. The van der Waals surface area contributed by atoms with Crippen molar-refractivity contribution < 1.29 is 14.0 Å². The quantitative estimate of drug-likeness (QED) is 0.481. The third kappa shape index (κ3) is 6.78. The molecule has 0 saturated heterocycles. The van der Waals surface area contributed by atoms with E-state index in [4.69, 9.17) is 4.42 Å². The van der Waals surface area contributed by atoms with E-state index >= 15 is 0 Å². The number of rotatable bonds is 10. The summed E-state index contributed by atoms with van der Waals surface area (Å²) in [4.78, 5) is 32.3. The topological polar surface area (TPSA) is 75.4 Å². The summed E-state index contributed by atoms with van der Waals surface area (Å²) in [5, 5.41) is 2.84. The van der Waals surface area contributed by atoms with Gasteiger partial charge in [0.1, 0.15) is 6.26 Å². The normalized spacial score (nSPS) is 11.2. The average Bonchev–Trinajstić information content (AvgIpc) is 3.27. The van der Waals surface area contributed by atoms with Crippen LogP contribution in [0.15, 0.2) is 71.3 Å². The van der Waals surface area contributed by atoms with Gasteiger partial charge in [0.15, 0.2) is 5.69 Å². The molecule has 3 aromatic rings. The number of benzene rings is 2. The van der Waals surface area contributed by atoms with Crippen molar-refractivity contribution in [1.29, 1.82) is 0 Å². The molecular weight excluding hydrogens is 414 g/mol. The van der Waals surface area contributed by atoms with Gasteiger partial charge in [-0.15, -0.1) is 0 Å². The van der Waals surface area contributed by atoms with Crippen LogP contribution >= 0.6 is 0 Å². The Kier molecular flexibility index (Phi) is 8.41. The molecule has 0 aliphatic rings. The van der Waals surface area contributed by atoms with Crippen molar-refractivity contribution in [2.45, 2.75) is 40.2 Å². The summed E-state index contributed by atoms with van der Waals surface area (Å²) in [7, 11) is 0. The summed E-state index contributed by atoms with van der Waals surface area (Å²) in [6.07, 6.45) is 1.36. The third-order valence-electron chi connectivity index (χ3n) is 5.19. The number of hydrogen-bond acceptors (Lipinski definition) is 4. The zero-order valence-corrected chi connectivity index (χ0v) is 19.8. The van der Waals surface area contributed by atoms with Crippen LogP contribution in [0.25, 0.3) is 0 Å². The number of carbonyl (C=O) groups excluding carboxylic acids is 2. The van der Waals surface area contributed by atoms with Crippen LogP contribution < -0.4 is 5.32 Å². The molecule has 0 aliphatic heterocycles. The highest BCUT2D eigenvalue weighted by Gasteiger charge is 2.29. The van der Waals surface area contributed by atoms with Gasteiger partial charge in [-0.1, -0.05) is 88.4 Å². The van der Waals surface area contributed by atoms with Gasteiger partial charge in [0.05, 0.1) is 12.5 Å². The fourth-order valence-corrected chi connectivity index (χ4v) is 3.66. The van der Waals surface area contributed by atoms with Gasteiger partial charge in [0.25, 0.3) is 5.91 Å². The Balaban J connectivity index is 1.85. The number of aromatic nitrogens is 1. The lowest BCUT2D eigenvalue weighted by molar-refractivity contribution is -0.133. The summed E-state index contributed by atoms with van der Waals surface area (Å²) < 4.78 is 5.58. The van der Waals surface area contributed by atoms with E-state index in [2.05, 4.69) is 24.1 Å². The van der Waals surface area contributed by atoms with Crippen molar-refractivity contribution in [1.82, 2.24) is 15.2 Å².